The van der Waals surface area contributed by atoms with Gasteiger partial charge in [-0.15, -0.1) is 24.0 Å². The Balaban J connectivity index is 0.00000288. The summed E-state index contributed by atoms with van der Waals surface area (Å²) in [4.78, 5) is 11.4. The van der Waals surface area contributed by atoms with Crippen molar-refractivity contribution >= 4 is 29.9 Å². The van der Waals surface area contributed by atoms with Crippen molar-refractivity contribution < 1.29 is 4.42 Å². The summed E-state index contributed by atoms with van der Waals surface area (Å²) in [5.41, 5.74) is 6.88. The third-order valence-electron chi connectivity index (χ3n) is 4.50. The molecular weight excluding hydrogens is 417 g/mol. The van der Waals surface area contributed by atoms with E-state index in [9.17, 15) is 0 Å². The maximum absolute atomic E-state index is 5.89. The highest BCUT2D eigenvalue weighted by Gasteiger charge is 2.20. The molecule has 1 fully saturated rings. The lowest BCUT2D eigenvalue weighted by atomic mass is 9.97. The van der Waals surface area contributed by atoms with Crippen LogP contribution in [0.25, 0.3) is 0 Å². The minimum atomic E-state index is 0. The SMILES string of the molecule is CCCCNC(N)=NCC1CCN(Cc2nc(C)c(C)o2)CC1.I. The van der Waals surface area contributed by atoms with Gasteiger partial charge in [-0.2, -0.15) is 0 Å². The summed E-state index contributed by atoms with van der Waals surface area (Å²) in [6.07, 6.45) is 4.62. The molecule has 0 atom stereocenters. The highest BCUT2D eigenvalue weighted by Crippen LogP contribution is 2.20. The number of piperidine rings is 1. The van der Waals surface area contributed by atoms with Gasteiger partial charge in [0.2, 0.25) is 5.89 Å². The quantitative estimate of drug-likeness (QED) is 0.290. The van der Waals surface area contributed by atoms with Crippen LogP contribution in [0.15, 0.2) is 9.41 Å². The van der Waals surface area contributed by atoms with Gasteiger partial charge in [0, 0.05) is 13.1 Å². The number of aryl methyl sites for hydroxylation is 2. The van der Waals surface area contributed by atoms with Gasteiger partial charge in [-0.25, -0.2) is 4.98 Å². The number of aromatic nitrogens is 1. The van der Waals surface area contributed by atoms with Crippen LogP contribution in [0.4, 0.5) is 0 Å². The molecule has 1 aliphatic heterocycles. The summed E-state index contributed by atoms with van der Waals surface area (Å²) in [7, 11) is 0. The summed E-state index contributed by atoms with van der Waals surface area (Å²) in [6.45, 7) is 10.8. The summed E-state index contributed by atoms with van der Waals surface area (Å²) < 4.78 is 5.67. The fraction of sp³-hybridized carbons (Fsp3) is 0.765. The van der Waals surface area contributed by atoms with Crippen LogP contribution >= 0.6 is 24.0 Å². The molecule has 24 heavy (non-hydrogen) atoms. The van der Waals surface area contributed by atoms with Crippen molar-refractivity contribution in [3.63, 3.8) is 0 Å². The summed E-state index contributed by atoms with van der Waals surface area (Å²) in [5, 5.41) is 3.17. The smallest absolute Gasteiger partial charge is 0.208 e. The monoisotopic (exact) mass is 449 g/mol. The van der Waals surface area contributed by atoms with Gasteiger partial charge < -0.3 is 15.5 Å². The number of halogens is 1. The van der Waals surface area contributed by atoms with E-state index in [0.717, 1.165) is 69.3 Å². The Morgan fingerprint density at radius 2 is 2.08 bits per heavy atom. The Bertz CT molecular complexity index is 490. The molecule has 0 bridgehead atoms. The molecule has 0 aromatic carbocycles. The average Bonchev–Trinajstić information content (AvgIpc) is 2.85. The molecule has 0 amide bonds. The van der Waals surface area contributed by atoms with E-state index < -0.39 is 0 Å². The van der Waals surface area contributed by atoms with Crippen molar-refractivity contribution in [3.05, 3.63) is 17.3 Å². The molecule has 3 N–H and O–H groups in total. The number of hydrogen-bond donors (Lipinski definition) is 2. The van der Waals surface area contributed by atoms with E-state index in [1.54, 1.807) is 0 Å². The van der Waals surface area contributed by atoms with Crippen LogP contribution in [0.5, 0.6) is 0 Å². The lowest BCUT2D eigenvalue weighted by Crippen LogP contribution is -2.36. The number of likely N-dealkylation sites (tertiary alicyclic amines) is 1. The summed E-state index contributed by atoms with van der Waals surface area (Å²) in [5.74, 6) is 2.98. The van der Waals surface area contributed by atoms with E-state index >= 15 is 0 Å². The first-order chi connectivity index (χ1) is 11.1. The van der Waals surface area contributed by atoms with Crippen LogP contribution in [0, 0.1) is 19.8 Å². The average molecular weight is 449 g/mol. The minimum Gasteiger partial charge on any atom is -0.444 e. The highest BCUT2D eigenvalue weighted by atomic mass is 127. The van der Waals surface area contributed by atoms with Crippen LogP contribution in [-0.2, 0) is 6.54 Å². The molecule has 6 nitrogen and oxygen atoms in total. The molecule has 1 saturated heterocycles. The van der Waals surface area contributed by atoms with Crippen molar-refractivity contribution in [2.45, 2.75) is 53.0 Å². The molecule has 2 rings (SSSR count). The number of nitrogens with one attached hydrogen (secondary N) is 1. The van der Waals surface area contributed by atoms with Crippen molar-refractivity contribution in [2.24, 2.45) is 16.6 Å². The number of hydrogen-bond acceptors (Lipinski definition) is 4. The fourth-order valence-corrected chi connectivity index (χ4v) is 2.80. The maximum atomic E-state index is 5.89. The molecular formula is C17H32IN5O. The third-order valence-corrected chi connectivity index (χ3v) is 4.50. The normalized spacial score (nSPS) is 16.9. The van der Waals surface area contributed by atoms with Crippen molar-refractivity contribution in [2.75, 3.05) is 26.2 Å². The van der Waals surface area contributed by atoms with E-state index in [1.807, 2.05) is 13.8 Å². The molecule has 1 aromatic rings. The summed E-state index contributed by atoms with van der Waals surface area (Å²) >= 11 is 0. The van der Waals surface area contributed by atoms with Crippen molar-refractivity contribution in [1.82, 2.24) is 15.2 Å². The number of nitrogens with zero attached hydrogens (tertiary/aromatic N) is 3. The maximum Gasteiger partial charge on any atom is 0.208 e. The van der Waals surface area contributed by atoms with Crippen LogP contribution in [0.2, 0.25) is 0 Å². The third kappa shape index (κ3) is 6.96. The Morgan fingerprint density at radius 1 is 1.38 bits per heavy atom. The molecule has 1 aromatic heterocycles. The van der Waals surface area contributed by atoms with Crippen LogP contribution in [0.1, 0.15) is 50.0 Å². The number of nitrogens with two attached hydrogens (primary N) is 1. The van der Waals surface area contributed by atoms with Gasteiger partial charge in [0.25, 0.3) is 0 Å². The van der Waals surface area contributed by atoms with Gasteiger partial charge in [-0.3, -0.25) is 9.89 Å². The van der Waals surface area contributed by atoms with Crippen LogP contribution in [-0.4, -0.2) is 42.0 Å². The fourth-order valence-electron chi connectivity index (χ4n) is 2.80. The number of guanidine groups is 1. The van der Waals surface area contributed by atoms with Gasteiger partial charge in [0.15, 0.2) is 5.96 Å². The van der Waals surface area contributed by atoms with Gasteiger partial charge in [-0.05, 0) is 52.1 Å². The molecule has 7 heteroatoms. The topological polar surface area (TPSA) is 79.7 Å². The predicted molar refractivity (Wildman–Crippen MR) is 109 cm³/mol. The zero-order valence-electron chi connectivity index (χ0n) is 15.2. The second-order valence-corrected chi connectivity index (χ2v) is 6.47. The number of rotatable bonds is 7. The number of aliphatic imine (C=N–C) groups is 1. The first-order valence-corrected chi connectivity index (χ1v) is 8.77. The minimum absolute atomic E-state index is 0. The number of oxazole rings is 1. The Hall–Kier alpha value is -0.830. The standard InChI is InChI=1S/C17H31N5O.HI/c1-4-5-8-19-17(18)20-11-15-6-9-22(10-7-15)12-16-21-13(2)14(3)23-16;/h15H,4-12H2,1-3H3,(H3,18,19,20);1H. The van der Waals surface area contributed by atoms with E-state index in [1.165, 1.54) is 6.42 Å². The Morgan fingerprint density at radius 3 is 2.67 bits per heavy atom. The molecule has 0 radical (unpaired) electrons. The van der Waals surface area contributed by atoms with E-state index in [4.69, 9.17) is 10.2 Å². The largest absolute Gasteiger partial charge is 0.444 e. The zero-order valence-corrected chi connectivity index (χ0v) is 17.5. The van der Waals surface area contributed by atoms with Gasteiger partial charge >= 0.3 is 0 Å². The highest BCUT2D eigenvalue weighted by molar-refractivity contribution is 14.0. The first-order valence-electron chi connectivity index (χ1n) is 8.77. The van der Waals surface area contributed by atoms with Gasteiger partial charge in [0.05, 0.1) is 12.2 Å². The predicted octanol–water partition coefficient (Wildman–Crippen LogP) is 2.83. The Labute approximate surface area is 162 Å². The Kier molecular flexibility index (Phi) is 9.65. The second-order valence-electron chi connectivity index (χ2n) is 6.47. The molecule has 0 saturated carbocycles. The lowest BCUT2D eigenvalue weighted by Gasteiger charge is -2.30. The lowest BCUT2D eigenvalue weighted by molar-refractivity contribution is 0.166. The summed E-state index contributed by atoms with van der Waals surface area (Å²) in [6, 6.07) is 0. The van der Waals surface area contributed by atoms with E-state index in [-0.39, 0.29) is 24.0 Å². The van der Waals surface area contributed by atoms with E-state index in [2.05, 4.69) is 27.1 Å². The van der Waals surface area contributed by atoms with Gasteiger partial charge in [0.1, 0.15) is 5.76 Å². The first kappa shape index (κ1) is 21.2. The van der Waals surface area contributed by atoms with Crippen molar-refractivity contribution in [1.29, 1.82) is 0 Å². The molecule has 0 aliphatic carbocycles. The molecule has 1 aliphatic rings. The van der Waals surface area contributed by atoms with Crippen LogP contribution in [0.3, 0.4) is 0 Å². The second kappa shape index (κ2) is 10.9. The molecule has 138 valence electrons. The number of unbranched alkanes of at least 4 members (excludes halogenated alkanes) is 1. The zero-order chi connectivity index (χ0) is 16.7. The van der Waals surface area contributed by atoms with Crippen LogP contribution < -0.4 is 11.1 Å². The van der Waals surface area contributed by atoms with Gasteiger partial charge in [-0.1, -0.05) is 13.3 Å². The molecule has 2 heterocycles. The van der Waals surface area contributed by atoms with Crippen molar-refractivity contribution in [3.8, 4) is 0 Å². The molecule has 0 spiro atoms. The van der Waals surface area contributed by atoms with E-state index in [0.29, 0.717) is 11.9 Å². The molecule has 0 unspecified atom stereocenters.